The standard InChI is InChI=1S/C22H20N2O3/c1-16(25)17-6-5-7-19(14-17)24-22(26)15-23-18-10-12-21(13-11-18)27-20-8-3-2-4-9-20/h2-14,23H,15H2,1H3,(H,24,26). The number of carbonyl (C=O) groups is 2. The molecule has 0 aromatic heterocycles. The molecule has 0 radical (unpaired) electrons. The summed E-state index contributed by atoms with van der Waals surface area (Å²) in [5, 5.41) is 5.83. The van der Waals surface area contributed by atoms with Gasteiger partial charge in [0.15, 0.2) is 5.78 Å². The van der Waals surface area contributed by atoms with E-state index >= 15 is 0 Å². The lowest BCUT2D eigenvalue weighted by molar-refractivity contribution is -0.114. The molecule has 0 bridgehead atoms. The number of amides is 1. The number of ketones is 1. The molecule has 0 saturated heterocycles. The quantitative estimate of drug-likeness (QED) is 0.598. The summed E-state index contributed by atoms with van der Waals surface area (Å²) in [7, 11) is 0. The maximum atomic E-state index is 12.1. The number of carbonyl (C=O) groups excluding carboxylic acids is 2. The van der Waals surface area contributed by atoms with Crippen LogP contribution in [0.1, 0.15) is 17.3 Å². The number of ether oxygens (including phenoxy) is 1. The van der Waals surface area contributed by atoms with Gasteiger partial charge in [0.25, 0.3) is 0 Å². The summed E-state index contributed by atoms with van der Waals surface area (Å²) < 4.78 is 5.73. The Morgan fingerprint density at radius 1 is 0.815 bits per heavy atom. The topological polar surface area (TPSA) is 67.4 Å². The molecule has 0 unspecified atom stereocenters. The average molecular weight is 360 g/mol. The molecule has 5 nitrogen and oxygen atoms in total. The fraction of sp³-hybridized carbons (Fsp3) is 0.0909. The smallest absolute Gasteiger partial charge is 0.243 e. The zero-order valence-corrected chi connectivity index (χ0v) is 14.9. The molecular weight excluding hydrogens is 340 g/mol. The lowest BCUT2D eigenvalue weighted by Crippen LogP contribution is -2.21. The highest BCUT2D eigenvalue weighted by Crippen LogP contribution is 2.22. The first-order valence-electron chi connectivity index (χ1n) is 8.58. The second kappa shape index (κ2) is 8.67. The number of benzene rings is 3. The summed E-state index contributed by atoms with van der Waals surface area (Å²) in [6.45, 7) is 1.61. The minimum Gasteiger partial charge on any atom is -0.457 e. The summed E-state index contributed by atoms with van der Waals surface area (Å²) in [6.07, 6.45) is 0. The molecule has 0 atom stereocenters. The number of Topliss-reactive ketones (excluding diaryl/α,β-unsaturated/α-hetero) is 1. The van der Waals surface area contributed by atoms with Gasteiger partial charge in [-0.3, -0.25) is 9.59 Å². The monoisotopic (exact) mass is 360 g/mol. The molecule has 27 heavy (non-hydrogen) atoms. The van der Waals surface area contributed by atoms with E-state index in [-0.39, 0.29) is 18.2 Å². The Balaban J connectivity index is 1.51. The summed E-state index contributed by atoms with van der Waals surface area (Å²) in [5.41, 5.74) is 1.97. The third kappa shape index (κ3) is 5.44. The van der Waals surface area contributed by atoms with Crippen LogP contribution in [0.4, 0.5) is 11.4 Å². The van der Waals surface area contributed by atoms with Gasteiger partial charge in [-0.1, -0.05) is 30.3 Å². The van der Waals surface area contributed by atoms with E-state index in [1.165, 1.54) is 6.92 Å². The van der Waals surface area contributed by atoms with Crippen molar-refractivity contribution in [3.63, 3.8) is 0 Å². The first kappa shape index (κ1) is 18.2. The lowest BCUT2D eigenvalue weighted by atomic mass is 10.1. The molecule has 0 aliphatic heterocycles. The van der Waals surface area contributed by atoms with E-state index < -0.39 is 0 Å². The van der Waals surface area contributed by atoms with E-state index in [2.05, 4.69) is 10.6 Å². The van der Waals surface area contributed by atoms with Gasteiger partial charge in [-0.15, -0.1) is 0 Å². The van der Waals surface area contributed by atoms with Crippen LogP contribution in [-0.4, -0.2) is 18.2 Å². The zero-order valence-electron chi connectivity index (χ0n) is 14.9. The van der Waals surface area contributed by atoms with Gasteiger partial charge in [0.1, 0.15) is 11.5 Å². The van der Waals surface area contributed by atoms with Crippen molar-refractivity contribution in [3.05, 3.63) is 84.4 Å². The minimum absolute atomic E-state index is 0.0398. The van der Waals surface area contributed by atoms with Crippen molar-refractivity contribution in [1.29, 1.82) is 0 Å². The lowest BCUT2D eigenvalue weighted by Gasteiger charge is -2.10. The molecule has 0 saturated carbocycles. The Kier molecular flexibility index (Phi) is 5.84. The molecule has 2 N–H and O–H groups in total. The second-order valence-electron chi connectivity index (χ2n) is 5.98. The Labute approximate surface area is 158 Å². The predicted molar refractivity (Wildman–Crippen MR) is 107 cm³/mol. The third-order valence-corrected chi connectivity index (χ3v) is 3.84. The van der Waals surface area contributed by atoms with E-state index in [1.807, 2.05) is 54.6 Å². The van der Waals surface area contributed by atoms with E-state index in [9.17, 15) is 9.59 Å². The Bertz CT molecular complexity index is 922. The van der Waals surface area contributed by atoms with Gasteiger partial charge in [-0.05, 0) is 55.5 Å². The number of nitrogens with one attached hydrogen (secondary N) is 2. The van der Waals surface area contributed by atoms with Crippen molar-refractivity contribution < 1.29 is 14.3 Å². The molecular formula is C22H20N2O3. The van der Waals surface area contributed by atoms with Crippen LogP contribution in [0.15, 0.2) is 78.9 Å². The van der Waals surface area contributed by atoms with Crippen LogP contribution in [0.3, 0.4) is 0 Å². The van der Waals surface area contributed by atoms with Gasteiger partial charge in [-0.2, -0.15) is 0 Å². The zero-order chi connectivity index (χ0) is 19.1. The van der Waals surface area contributed by atoms with Crippen LogP contribution in [0.5, 0.6) is 11.5 Å². The second-order valence-corrected chi connectivity index (χ2v) is 5.98. The molecule has 0 aliphatic rings. The van der Waals surface area contributed by atoms with Crippen LogP contribution in [0.2, 0.25) is 0 Å². The van der Waals surface area contributed by atoms with Crippen LogP contribution in [0, 0.1) is 0 Å². The van der Waals surface area contributed by atoms with E-state index in [0.29, 0.717) is 11.3 Å². The highest BCUT2D eigenvalue weighted by molar-refractivity contribution is 5.98. The third-order valence-electron chi connectivity index (χ3n) is 3.84. The van der Waals surface area contributed by atoms with E-state index in [1.54, 1.807) is 24.3 Å². The summed E-state index contributed by atoms with van der Waals surface area (Å²) >= 11 is 0. The minimum atomic E-state index is -0.194. The molecule has 0 aliphatic carbocycles. The fourth-order valence-electron chi connectivity index (χ4n) is 2.47. The van der Waals surface area contributed by atoms with Crippen molar-refractivity contribution in [1.82, 2.24) is 0 Å². The molecule has 136 valence electrons. The molecule has 3 aromatic rings. The maximum Gasteiger partial charge on any atom is 0.243 e. The Hall–Kier alpha value is -3.60. The van der Waals surface area contributed by atoms with Gasteiger partial charge in [0.2, 0.25) is 5.91 Å². The maximum absolute atomic E-state index is 12.1. The van der Waals surface area contributed by atoms with Gasteiger partial charge in [0, 0.05) is 16.9 Å². The van der Waals surface area contributed by atoms with Crippen LogP contribution < -0.4 is 15.4 Å². The summed E-state index contributed by atoms with van der Waals surface area (Å²) in [5.74, 6) is 1.25. The highest BCUT2D eigenvalue weighted by Gasteiger charge is 2.05. The van der Waals surface area contributed by atoms with Gasteiger partial charge in [-0.25, -0.2) is 0 Å². The number of anilines is 2. The van der Waals surface area contributed by atoms with E-state index in [0.717, 1.165) is 17.2 Å². The van der Waals surface area contributed by atoms with E-state index in [4.69, 9.17) is 4.74 Å². The molecule has 0 spiro atoms. The summed E-state index contributed by atoms with van der Waals surface area (Å²) in [4.78, 5) is 23.5. The van der Waals surface area contributed by atoms with Crippen molar-refractivity contribution in [2.24, 2.45) is 0 Å². The Morgan fingerprint density at radius 2 is 1.52 bits per heavy atom. The number of hydrogen-bond donors (Lipinski definition) is 2. The van der Waals surface area contributed by atoms with Gasteiger partial charge in [0.05, 0.1) is 6.54 Å². The highest BCUT2D eigenvalue weighted by atomic mass is 16.5. The average Bonchev–Trinajstić information content (AvgIpc) is 2.68. The molecule has 3 rings (SSSR count). The van der Waals surface area contributed by atoms with Gasteiger partial charge >= 0.3 is 0 Å². The van der Waals surface area contributed by atoms with Crippen molar-refractivity contribution in [3.8, 4) is 11.5 Å². The molecule has 3 aromatic carbocycles. The van der Waals surface area contributed by atoms with Crippen molar-refractivity contribution in [2.75, 3.05) is 17.2 Å². The predicted octanol–water partition coefficient (Wildman–Crippen LogP) is 4.73. The molecule has 0 heterocycles. The molecule has 5 heteroatoms. The fourth-order valence-corrected chi connectivity index (χ4v) is 2.47. The normalized spacial score (nSPS) is 10.1. The van der Waals surface area contributed by atoms with Crippen LogP contribution in [0.25, 0.3) is 0 Å². The largest absolute Gasteiger partial charge is 0.457 e. The number of rotatable bonds is 7. The van der Waals surface area contributed by atoms with Crippen LogP contribution >= 0.6 is 0 Å². The van der Waals surface area contributed by atoms with Crippen LogP contribution in [-0.2, 0) is 4.79 Å². The molecule has 1 amide bonds. The first-order valence-corrected chi connectivity index (χ1v) is 8.58. The number of para-hydroxylation sites is 1. The Morgan fingerprint density at radius 3 is 2.22 bits per heavy atom. The molecule has 0 fully saturated rings. The van der Waals surface area contributed by atoms with Gasteiger partial charge < -0.3 is 15.4 Å². The summed E-state index contributed by atoms with van der Waals surface area (Å²) in [6, 6.07) is 23.8. The van der Waals surface area contributed by atoms with Crippen molar-refractivity contribution >= 4 is 23.1 Å². The SMILES string of the molecule is CC(=O)c1cccc(NC(=O)CNc2ccc(Oc3ccccc3)cc2)c1. The number of hydrogen-bond acceptors (Lipinski definition) is 4. The van der Waals surface area contributed by atoms with Crippen molar-refractivity contribution in [2.45, 2.75) is 6.92 Å². The first-order chi connectivity index (χ1) is 13.1.